The fraction of sp³-hybridized carbons (Fsp3) is 0.364. The van der Waals surface area contributed by atoms with Crippen molar-refractivity contribution < 1.29 is 20.4 Å². The highest BCUT2D eigenvalue weighted by atomic mass is 16.4. The summed E-state index contributed by atoms with van der Waals surface area (Å²) in [5.74, 6) is 0. The van der Waals surface area contributed by atoms with Crippen LogP contribution in [0.5, 0.6) is 0 Å². The molecule has 8 nitrogen and oxygen atoms in total. The van der Waals surface area contributed by atoms with E-state index in [4.69, 9.17) is 5.11 Å². The monoisotopic (exact) mass is 414 g/mol. The Hall–Kier alpha value is -2.78. The molecule has 8 heteroatoms. The van der Waals surface area contributed by atoms with Crippen LogP contribution in [0.1, 0.15) is 16.7 Å². The van der Waals surface area contributed by atoms with E-state index in [9.17, 15) is 24.9 Å². The highest BCUT2D eigenvalue weighted by Crippen LogP contribution is 2.19. The first kappa shape index (κ1) is 21.9. The second-order valence-electron chi connectivity index (χ2n) is 7.53. The van der Waals surface area contributed by atoms with E-state index >= 15 is 0 Å². The third-order valence-electron chi connectivity index (χ3n) is 5.37. The van der Waals surface area contributed by atoms with Crippen LogP contribution in [0.4, 0.5) is 0 Å². The van der Waals surface area contributed by atoms with Gasteiger partial charge < -0.3 is 20.4 Å². The van der Waals surface area contributed by atoms with Crippen LogP contribution in [0.15, 0.2) is 52.1 Å². The molecule has 0 amide bonds. The average Bonchev–Trinajstić information content (AvgIpc) is 2.75. The second kappa shape index (κ2) is 8.93. The van der Waals surface area contributed by atoms with E-state index in [0.29, 0.717) is 11.0 Å². The van der Waals surface area contributed by atoms with Crippen molar-refractivity contribution in [1.82, 2.24) is 9.13 Å². The Kier molecular flexibility index (Phi) is 6.52. The lowest BCUT2D eigenvalue weighted by Crippen LogP contribution is -2.47. The number of aromatic nitrogens is 2. The molecule has 30 heavy (non-hydrogen) atoms. The minimum atomic E-state index is -1.67. The normalized spacial score (nSPS) is 14.6. The summed E-state index contributed by atoms with van der Waals surface area (Å²) in [4.78, 5) is 25.9. The summed E-state index contributed by atoms with van der Waals surface area (Å²) in [6, 6.07) is 12.9. The lowest BCUT2D eigenvalue weighted by molar-refractivity contribution is -0.0805. The zero-order chi connectivity index (χ0) is 22.0. The molecule has 0 bridgehead atoms. The molecule has 2 aromatic carbocycles. The van der Waals surface area contributed by atoms with E-state index in [1.807, 2.05) is 50.2 Å². The molecule has 0 aliphatic carbocycles. The first-order chi connectivity index (χ1) is 14.2. The molecule has 3 rings (SSSR count). The van der Waals surface area contributed by atoms with Crippen molar-refractivity contribution in [2.24, 2.45) is 0 Å². The Labute approximate surface area is 172 Å². The summed E-state index contributed by atoms with van der Waals surface area (Å²) >= 11 is 0. The quantitative estimate of drug-likeness (QED) is 0.400. The van der Waals surface area contributed by atoms with Crippen LogP contribution in [0, 0.1) is 13.8 Å². The Balaban J connectivity index is 2.19. The van der Waals surface area contributed by atoms with Crippen LogP contribution in [-0.4, -0.2) is 54.5 Å². The number of hydrogen-bond acceptors (Lipinski definition) is 6. The summed E-state index contributed by atoms with van der Waals surface area (Å²) in [5.41, 5.74) is 2.05. The Morgan fingerprint density at radius 3 is 1.93 bits per heavy atom. The van der Waals surface area contributed by atoms with Gasteiger partial charge in [0, 0.05) is 0 Å². The molecule has 0 radical (unpaired) electrons. The van der Waals surface area contributed by atoms with E-state index in [-0.39, 0.29) is 6.54 Å². The molecule has 0 saturated heterocycles. The first-order valence-electron chi connectivity index (χ1n) is 9.68. The smallest absolute Gasteiger partial charge is 0.317 e. The molecule has 0 spiro atoms. The lowest BCUT2D eigenvalue weighted by Gasteiger charge is -2.23. The number of fused-ring (bicyclic) bond motifs is 1. The number of aliphatic hydroxyl groups excluding tert-OH is 4. The lowest BCUT2D eigenvalue weighted by atomic mass is 10.1. The van der Waals surface area contributed by atoms with Gasteiger partial charge in [0.2, 0.25) is 0 Å². The summed E-state index contributed by atoms with van der Waals surface area (Å²) in [6.07, 6.45) is -4.79. The van der Waals surface area contributed by atoms with Crippen LogP contribution in [-0.2, 0) is 13.1 Å². The van der Waals surface area contributed by atoms with Gasteiger partial charge in [-0.05, 0) is 42.7 Å². The van der Waals surface area contributed by atoms with Gasteiger partial charge in [-0.15, -0.1) is 0 Å². The van der Waals surface area contributed by atoms with Crippen LogP contribution >= 0.6 is 0 Å². The number of nitrogens with zero attached hydrogens (tertiary/aromatic N) is 2. The van der Waals surface area contributed by atoms with E-state index < -0.39 is 42.6 Å². The maximum absolute atomic E-state index is 12.9. The van der Waals surface area contributed by atoms with Crippen LogP contribution in [0.2, 0.25) is 0 Å². The average molecular weight is 414 g/mol. The number of aryl methyl sites for hydroxylation is 2. The molecule has 0 aliphatic rings. The summed E-state index contributed by atoms with van der Waals surface area (Å²) < 4.78 is 2.52. The predicted molar refractivity (Wildman–Crippen MR) is 113 cm³/mol. The first-order valence-corrected chi connectivity index (χ1v) is 9.68. The van der Waals surface area contributed by atoms with Gasteiger partial charge in [0.05, 0.1) is 30.7 Å². The zero-order valence-corrected chi connectivity index (χ0v) is 16.9. The van der Waals surface area contributed by atoms with Gasteiger partial charge in [-0.25, -0.2) is 0 Å². The highest BCUT2D eigenvalue weighted by Gasteiger charge is 2.26. The van der Waals surface area contributed by atoms with Gasteiger partial charge in [0.15, 0.2) is 0 Å². The van der Waals surface area contributed by atoms with Gasteiger partial charge in [-0.2, -0.15) is 0 Å². The maximum atomic E-state index is 12.9. The van der Waals surface area contributed by atoms with E-state index in [2.05, 4.69) is 0 Å². The fourth-order valence-electron chi connectivity index (χ4n) is 3.43. The Morgan fingerprint density at radius 1 is 0.833 bits per heavy atom. The molecule has 1 aromatic heterocycles. The van der Waals surface area contributed by atoms with Gasteiger partial charge in [-0.3, -0.25) is 18.7 Å². The molecule has 4 N–H and O–H groups in total. The second-order valence-corrected chi connectivity index (χ2v) is 7.53. The number of rotatable bonds is 7. The minimum Gasteiger partial charge on any atom is -0.394 e. The Morgan fingerprint density at radius 2 is 1.37 bits per heavy atom. The Bertz CT molecular complexity index is 1150. The van der Waals surface area contributed by atoms with E-state index in [0.717, 1.165) is 21.3 Å². The largest absolute Gasteiger partial charge is 0.394 e. The number of aliphatic hydroxyl groups is 4. The minimum absolute atomic E-state index is 0.211. The van der Waals surface area contributed by atoms with Crippen molar-refractivity contribution in [3.05, 3.63) is 79.9 Å². The van der Waals surface area contributed by atoms with Gasteiger partial charge >= 0.3 is 11.1 Å². The summed E-state index contributed by atoms with van der Waals surface area (Å²) in [5, 5.41) is 38.8. The molecule has 0 fully saturated rings. The molecule has 1 heterocycles. The van der Waals surface area contributed by atoms with Crippen molar-refractivity contribution in [1.29, 1.82) is 0 Å². The predicted octanol–water partition coefficient (Wildman–Crippen LogP) is -0.0967. The zero-order valence-electron chi connectivity index (χ0n) is 16.9. The highest BCUT2D eigenvalue weighted by molar-refractivity contribution is 5.77. The van der Waals surface area contributed by atoms with E-state index in [1.165, 1.54) is 4.57 Å². The van der Waals surface area contributed by atoms with Crippen LogP contribution < -0.4 is 11.1 Å². The van der Waals surface area contributed by atoms with Gasteiger partial charge in [0.25, 0.3) is 0 Å². The number of benzene rings is 2. The SMILES string of the molecule is Cc1cc2c(cc1C)n(C[C@H](O)[C@H](O)[C@H](O)CO)c(=O)c(=O)n2Cc1ccccc1. The van der Waals surface area contributed by atoms with Crippen molar-refractivity contribution in [3.63, 3.8) is 0 Å². The molecule has 3 aromatic rings. The van der Waals surface area contributed by atoms with Crippen molar-refractivity contribution in [2.75, 3.05) is 6.61 Å². The van der Waals surface area contributed by atoms with Crippen LogP contribution in [0.3, 0.4) is 0 Å². The maximum Gasteiger partial charge on any atom is 0.317 e. The molecule has 0 saturated carbocycles. The van der Waals surface area contributed by atoms with Crippen LogP contribution in [0.25, 0.3) is 11.0 Å². The molecule has 0 unspecified atom stereocenters. The number of hydrogen-bond donors (Lipinski definition) is 4. The standard InChI is InChI=1S/C22H26N2O6/c1-13-8-16-17(9-14(13)2)24(11-18(26)20(28)19(27)12-25)22(30)21(29)23(16)10-15-6-4-3-5-7-15/h3-9,18-20,25-28H,10-12H2,1-2H3/t18-,19+,20-/m0/s1. The van der Waals surface area contributed by atoms with E-state index in [1.54, 1.807) is 6.07 Å². The van der Waals surface area contributed by atoms with Crippen molar-refractivity contribution >= 4 is 11.0 Å². The summed E-state index contributed by atoms with van der Waals surface area (Å²) in [6.45, 7) is 2.83. The summed E-state index contributed by atoms with van der Waals surface area (Å²) in [7, 11) is 0. The van der Waals surface area contributed by atoms with Crippen molar-refractivity contribution in [3.8, 4) is 0 Å². The molecular formula is C22H26N2O6. The molecule has 160 valence electrons. The molecule has 3 atom stereocenters. The third kappa shape index (κ3) is 4.22. The van der Waals surface area contributed by atoms with Crippen molar-refractivity contribution in [2.45, 2.75) is 45.2 Å². The molecular weight excluding hydrogens is 388 g/mol. The van der Waals surface area contributed by atoms with Gasteiger partial charge in [0.1, 0.15) is 18.3 Å². The van der Waals surface area contributed by atoms with Gasteiger partial charge in [-0.1, -0.05) is 30.3 Å². The third-order valence-corrected chi connectivity index (χ3v) is 5.37. The fourth-order valence-corrected chi connectivity index (χ4v) is 3.43. The topological polar surface area (TPSA) is 125 Å². The molecule has 0 aliphatic heterocycles.